The molecule has 2 aromatic rings. The number of carbonyl (C=O) groups excluding carboxylic acids is 1. The maximum atomic E-state index is 12.2. The average Bonchev–Trinajstić information content (AvgIpc) is 2.57. The van der Waals surface area contributed by atoms with Gasteiger partial charge in [0.1, 0.15) is 11.5 Å². The molecule has 0 heterocycles. The maximum Gasteiger partial charge on any atom is 0.238 e. The van der Waals surface area contributed by atoms with Crippen LogP contribution in [0.4, 0.5) is 5.69 Å². The summed E-state index contributed by atoms with van der Waals surface area (Å²) in [6.07, 6.45) is 0. The van der Waals surface area contributed by atoms with Crippen molar-refractivity contribution in [3.8, 4) is 11.5 Å². The van der Waals surface area contributed by atoms with Crippen molar-refractivity contribution in [3.05, 3.63) is 52.0 Å². The van der Waals surface area contributed by atoms with Crippen LogP contribution in [0, 0.1) is 0 Å². The normalized spacial score (nSPS) is 10.6. The summed E-state index contributed by atoms with van der Waals surface area (Å²) in [4.78, 5) is 14.1. The van der Waals surface area contributed by atoms with Crippen molar-refractivity contribution in [2.45, 2.75) is 6.54 Å². The standard InChI is InChI=1S/C18H20Cl2N2O3/c1-22(10-12-8-14(24-2)5-7-17(12)25-3)11-18(23)21-13-4-6-15(19)16(20)9-13/h4-9H,10-11H2,1-3H3,(H,21,23). The van der Waals surface area contributed by atoms with Crippen LogP contribution in [-0.2, 0) is 11.3 Å². The Hall–Kier alpha value is -1.95. The Kier molecular flexibility index (Phi) is 6.93. The third-order valence-electron chi connectivity index (χ3n) is 3.54. The zero-order chi connectivity index (χ0) is 18.4. The molecule has 1 N–H and O–H groups in total. The van der Waals surface area contributed by atoms with Crippen molar-refractivity contribution in [3.63, 3.8) is 0 Å². The highest BCUT2D eigenvalue weighted by atomic mass is 35.5. The third kappa shape index (κ3) is 5.53. The molecule has 0 saturated heterocycles. The summed E-state index contributed by atoms with van der Waals surface area (Å²) in [5.41, 5.74) is 1.54. The monoisotopic (exact) mass is 382 g/mol. The first-order valence-corrected chi connectivity index (χ1v) is 8.33. The lowest BCUT2D eigenvalue weighted by Gasteiger charge is -2.18. The SMILES string of the molecule is COc1ccc(OC)c(CN(C)CC(=O)Nc2ccc(Cl)c(Cl)c2)c1. The Balaban J connectivity index is 1.98. The van der Waals surface area contributed by atoms with Crippen molar-refractivity contribution in [2.75, 3.05) is 33.1 Å². The van der Waals surface area contributed by atoms with Crippen LogP contribution in [0.25, 0.3) is 0 Å². The topological polar surface area (TPSA) is 50.8 Å². The van der Waals surface area contributed by atoms with E-state index in [2.05, 4.69) is 5.32 Å². The van der Waals surface area contributed by atoms with E-state index < -0.39 is 0 Å². The number of carbonyl (C=O) groups is 1. The molecule has 0 aliphatic carbocycles. The summed E-state index contributed by atoms with van der Waals surface area (Å²) < 4.78 is 10.6. The summed E-state index contributed by atoms with van der Waals surface area (Å²) in [5.74, 6) is 1.34. The van der Waals surface area contributed by atoms with Crippen LogP contribution in [0.5, 0.6) is 11.5 Å². The largest absolute Gasteiger partial charge is 0.497 e. The van der Waals surface area contributed by atoms with E-state index in [9.17, 15) is 4.79 Å². The first-order chi connectivity index (χ1) is 11.9. The smallest absolute Gasteiger partial charge is 0.238 e. The predicted molar refractivity (Wildman–Crippen MR) is 101 cm³/mol. The second-order valence-corrected chi connectivity index (χ2v) is 6.34. The van der Waals surface area contributed by atoms with Crippen LogP contribution in [0.1, 0.15) is 5.56 Å². The molecule has 25 heavy (non-hydrogen) atoms. The van der Waals surface area contributed by atoms with Gasteiger partial charge in [-0.1, -0.05) is 23.2 Å². The molecular weight excluding hydrogens is 363 g/mol. The van der Waals surface area contributed by atoms with Gasteiger partial charge in [0, 0.05) is 17.8 Å². The fourth-order valence-corrected chi connectivity index (χ4v) is 2.67. The van der Waals surface area contributed by atoms with Crippen LogP contribution >= 0.6 is 23.2 Å². The van der Waals surface area contributed by atoms with Gasteiger partial charge in [-0.25, -0.2) is 0 Å². The Labute approximate surface area is 157 Å². The number of anilines is 1. The second kappa shape index (κ2) is 8.94. The molecule has 7 heteroatoms. The van der Waals surface area contributed by atoms with Crippen molar-refractivity contribution in [1.82, 2.24) is 4.90 Å². The summed E-state index contributed by atoms with van der Waals surface area (Å²) in [6, 6.07) is 10.5. The van der Waals surface area contributed by atoms with Crippen LogP contribution in [0.15, 0.2) is 36.4 Å². The van der Waals surface area contributed by atoms with Crippen LogP contribution in [0.3, 0.4) is 0 Å². The van der Waals surface area contributed by atoms with E-state index >= 15 is 0 Å². The molecule has 1 amide bonds. The number of nitrogens with one attached hydrogen (secondary N) is 1. The first-order valence-electron chi connectivity index (χ1n) is 7.57. The molecule has 0 aliphatic heterocycles. The molecule has 0 fully saturated rings. The second-order valence-electron chi connectivity index (χ2n) is 5.53. The highest BCUT2D eigenvalue weighted by Gasteiger charge is 2.12. The zero-order valence-electron chi connectivity index (χ0n) is 14.3. The molecule has 5 nitrogen and oxygen atoms in total. The van der Waals surface area contributed by atoms with Gasteiger partial charge < -0.3 is 14.8 Å². The van der Waals surface area contributed by atoms with Gasteiger partial charge in [0.05, 0.1) is 30.8 Å². The van der Waals surface area contributed by atoms with Gasteiger partial charge >= 0.3 is 0 Å². The van der Waals surface area contributed by atoms with Gasteiger partial charge in [0.25, 0.3) is 0 Å². The molecule has 2 aromatic carbocycles. The van der Waals surface area contributed by atoms with Crippen molar-refractivity contribution in [1.29, 1.82) is 0 Å². The Bertz CT molecular complexity index is 753. The predicted octanol–water partition coefficient (Wildman–Crippen LogP) is 4.08. The quantitative estimate of drug-likeness (QED) is 0.783. The molecule has 0 aliphatic rings. The average molecular weight is 383 g/mol. The number of benzene rings is 2. The summed E-state index contributed by atoms with van der Waals surface area (Å²) in [7, 11) is 5.08. The van der Waals surface area contributed by atoms with E-state index in [0.717, 1.165) is 17.1 Å². The molecule has 0 unspecified atom stereocenters. The number of methoxy groups -OCH3 is 2. The van der Waals surface area contributed by atoms with E-state index in [4.69, 9.17) is 32.7 Å². The van der Waals surface area contributed by atoms with Gasteiger partial charge in [0.2, 0.25) is 5.91 Å². The van der Waals surface area contributed by atoms with Crippen molar-refractivity contribution in [2.24, 2.45) is 0 Å². The van der Waals surface area contributed by atoms with Gasteiger partial charge in [-0.2, -0.15) is 0 Å². The molecule has 134 valence electrons. The van der Waals surface area contributed by atoms with E-state index in [1.807, 2.05) is 30.1 Å². The third-order valence-corrected chi connectivity index (χ3v) is 4.28. The van der Waals surface area contributed by atoms with Crippen LogP contribution in [-0.4, -0.2) is 38.6 Å². The molecule has 0 spiro atoms. The van der Waals surface area contributed by atoms with Crippen molar-refractivity contribution < 1.29 is 14.3 Å². The van der Waals surface area contributed by atoms with E-state index in [0.29, 0.717) is 22.3 Å². The number of halogens is 2. The van der Waals surface area contributed by atoms with E-state index in [1.54, 1.807) is 32.4 Å². The zero-order valence-corrected chi connectivity index (χ0v) is 15.8. The first kappa shape index (κ1) is 19.4. The summed E-state index contributed by atoms with van der Waals surface area (Å²) in [6.45, 7) is 0.746. The molecule has 0 saturated carbocycles. The molecule has 0 atom stereocenters. The minimum Gasteiger partial charge on any atom is -0.497 e. The number of likely N-dealkylation sites (N-methyl/N-ethyl adjacent to an activating group) is 1. The molecule has 0 bridgehead atoms. The number of hydrogen-bond donors (Lipinski definition) is 1. The Morgan fingerprint density at radius 3 is 2.48 bits per heavy atom. The number of nitrogens with zero attached hydrogens (tertiary/aromatic N) is 1. The minimum absolute atomic E-state index is 0.150. The fraction of sp³-hybridized carbons (Fsp3) is 0.278. The Morgan fingerprint density at radius 2 is 1.84 bits per heavy atom. The minimum atomic E-state index is -0.150. The summed E-state index contributed by atoms with van der Waals surface area (Å²) >= 11 is 11.8. The Morgan fingerprint density at radius 1 is 1.08 bits per heavy atom. The van der Waals surface area contributed by atoms with Crippen LogP contribution in [0.2, 0.25) is 10.0 Å². The lowest BCUT2D eigenvalue weighted by molar-refractivity contribution is -0.117. The highest BCUT2D eigenvalue weighted by Crippen LogP contribution is 2.26. The lowest BCUT2D eigenvalue weighted by atomic mass is 10.1. The molecule has 0 aromatic heterocycles. The number of hydrogen-bond acceptors (Lipinski definition) is 4. The van der Waals surface area contributed by atoms with Crippen LogP contribution < -0.4 is 14.8 Å². The molecule has 0 radical (unpaired) electrons. The maximum absolute atomic E-state index is 12.2. The van der Waals surface area contributed by atoms with E-state index in [1.165, 1.54) is 0 Å². The number of amides is 1. The lowest BCUT2D eigenvalue weighted by Crippen LogP contribution is -2.30. The van der Waals surface area contributed by atoms with Gasteiger partial charge in [-0.05, 0) is 43.4 Å². The van der Waals surface area contributed by atoms with Gasteiger partial charge in [-0.3, -0.25) is 9.69 Å². The number of ether oxygens (including phenoxy) is 2. The van der Waals surface area contributed by atoms with Gasteiger partial charge in [-0.15, -0.1) is 0 Å². The molecular formula is C18H20Cl2N2O3. The molecule has 2 rings (SSSR count). The van der Waals surface area contributed by atoms with Crippen molar-refractivity contribution >= 4 is 34.8 Å². The van der Waals surface area contributed by atoms with E-state index in [-0.39, 0.29) is 12.5 Å². The number of rotatable bonds is 7. The summed E-state index contributed by atoms with van der Waals surface area (Å²) in [5, 5.41) is 3.64. The fourth-order valence-electron chi connectivity index (χ4n) is 2.37. The highest BCUT2D eigenvalue weighted by molar-refractivity contribution is 6.42. The van der Waals surface area contributed by atoms with Gasteiger partial charge in [0.15, 0.2) is 0 Å².